The van der Waals surface area contributed by atoms with Crippen molar-refractivity contribution in [3.63, 3.8) is 0 Å². The Morgan fingerprint density at radius 1 is 1.32 bits per heavy atom. The Balaban J connectivity index is 1.76. The standard InChI is InChI=1S/C22H27BrN6O2/c1-4-31-10-9-29-13-17-20(19-16-12-15(23)6-5-14(16)11-18(19)30)25-22(26-21(17)27-29)24-7-8-28(2)3/h5-6,12-13,19H,4,7-11H2,1-3H3,(H,24,26,27). The van der Waals surface area contributed by atoms with Gasteiger partial charge in [0.05, 0.1) is 30.1 Å². The number of hydrogen-bond acceptors (Lipinski definition) is 7. The minimum atomic E-state index is -0.419. The van der Waals surface area contributed by atoms with Gasteiger partial charge in [0, 0.05) is 36.8 Å². The molecule has 2 aromatic heterocycles. The molecule has 0 saturated heterocycles. The van der Waals surface area contributed by atoms with Crippen molar-refractivity contribution in [1.82, 2.24) is 24.6 Å². The SMILES string of the molecule is CCOCCn1cc2c(C3C(=O)Cc4ccc(Br)cc43)nc(NCCN(C)C)nc2n1. The fourth-order valence-corrected chi connectivity index (χ4v) is 4.22. The number of ether oxygens (including phenoxy) is 1. The average molecular weight is 487 g/mol. The summed E-state index contributed by atoms with van der Waals surface area (Å²) >= 11 is 3.54. The summed E-state index contributed by atoms with van der Waals surface area (Å²) in [4.78, 5) is 24.6. The Hall–Kier alpha value is -2.36. The highest BCUT2D eigenvalue weighted by Crippen LogP contribution is 2.39. The molecular weight excluding hydrogens is 460 g/mol. The molecule has 8 nitrogen and oxygen atoms in total. The Bertz CT molecular complexity index is 1100. The van der Waals surface area contributed by atoms with Crippen LogP contribution in [0.2, 0.25) is 0 Å². The number of hydrogen-bond donors (Lipinski definition) is 1. The molecule has 0 saturated carbocycles. The van der Waals surface area contributed by atoms with Crippen LogP contribution in [0, 0.1) is 0 Å². The van der Waals surface area contributed by atoms with Crippen molar-refractivity contribution in [2.75, 3.05) is 45.7 Å². The summed E-state index contributed by atoms with van der Waals surface area (Å²) in [6.07, 6.45) is 2.34. The molecule has 0 spiro atoms. The second kappa shape index (κ2) is 9.42. The number of aromatic nitrogens is 4. The molecule has 0 amide bonds. The quantitative estimate of drug-likeness (QED) is 0.465. The predicted octanol–water partition coefficient (Wildman–Crippen LogP) is 2.86. The lowest BCUT2D eigenvalue weighted by atomic mass is 9.95. The zero-order chi connectivity index (χ0) is 22.0. The molecule has 1 N–H and O–H groups in total. The molecule has 1 aliphatic rings. The lowest BCUT2D eigenvalue weighted by Crippen LogP contribution is -2.22. The summed E-state index contributed by atoms with van der Waals surface area (Å²) in [7, 11) is 4.03. The van der Waals surface area contributed by atoms with E-state index in [0.717, 1.165) is 27.5 Å². The molecule has 1 aliphatic carbocycles. The molecule has 9 heteroatoms. The normalized spacial score (nSPS) is 15.8. The van der Waals surface area contributed by atoms with E-state index in [4.69, 9.17) is 9.72 Å². The summed E-state index contributed by atoms with van der Waals surface area (Å²) in [5.41, 5.74) is 3.35. The van der Waals surface area contributed by atoms with Gasteiger partial charge in [-0.15, -0.1) is 0 Å². The van der Waals surface area contributed by atoms with E-state index in [1.54, 1.807) is 0 Å². The van der Waals surface area contributed by atoms with E-state index in [9.17, 15) is 4.79 Å². The van der Waals surface area contributed by atoms with E-state index >= 15 is 0 Å². The van der Waals surface area contributed by atoms with Crippen molar-refractivity contribution in [3.8, 4) is 0 Å². The zero-order valence-electron chi connectivity index (χ0n) is 18.1. The summed E-state index contributed by atoms with van der Waals surface area (Å²) in [6.45, 7) is 5.36. The van der Waals surface area contributed by atoms with Crippen molar-refractivity contribution < 1.29 is 9.53 Å². The maximum atomic E-state index is 13.1. The topological polar surface area (TPSA) is 85.2 Å². The molecule has 1 atom stereocenters. The number of nitrogens with zero attached hydrogens (tertiary/aromatic N) is 5. The third-order valence-electron chi connectivity index (χ3n) is 5.35. The van der Waals surface area contributed by atoms with Gasteiger partial charge in [0.15, 0.2) is 11.4 Å². The minimum Gasteiger partial charge on any atom is -0.380 e. The Morgan fingerprint density at radius 2 is 2.16 bits per heavy atom. The first-order chi connectivity index (χ1) is 15.0. The third kappa shape index (κ3) is 4.78. The predicted molar refractivity (Wildman–Crippen MR) is 124 cm³/mol. The first kappa shape index (κ1) is 21.9. The van der Waals surface area contributed by atoms with Crippen molar-refractivity contribution in [2.24, 2.45) is 0 Å². The van der Waals surface area contributed by atoms with E-state index in [1.807, 2.05) is 50.1 Å². The molecule has 31 heavy (non-hydrogen) atoms. The van der Waals surface area contributed by atoms with Crippen LogP contribution in [0.3, 0.4) is 0 Å². The van der Waals surface area contributed by atoms with Gasteiger partial charge in [0.2, 0.25) is 5.95 Å². The maximum absolute atomic E-state index is 13.1. The molecule has 164 valence electrons. The highest BCUT2D eigenvalue weighted by atomic mass is 79.9. The number of ketones is 1. The van der Waals surface area contributed by atoms with Gasteiger partial charge < -0.3 is 15.0 Å². The van der Waals surface area contributed by atoms with Crippen LogP contribution < -0.4 is 5.32 Å². The highest BCUT2D eigenvalue weighted by Gasteiger charge is 2.35. The maximum Gasteiger partial charge on any atom is 0.225 e. The second-order valence-corrected chi connectivity index (χ2v) is 8.82. The van der Waals surface area contributed by atoms with Crippen LogP contribution in [-0.2, 0) is 22.5 Å². The molecule has 0 bridgehead atoms. The number of carbonyl (C=O) groups excluding carboxylic acids is 1. The van der Waals surface area contributed by atoms with Gasteiger partial charge in [-0.05, 0) is 44.3 Å². The summed E-state index contributed by atoms with van der Waals surface area (Å²) in [6, 6.07) is 6.01. The Morgan fingerprint density at radius 3 is 2.94 bits per heavy atom. The number of anilines is 1. The number of Topliss-reactive ketones (excluding diaryl/α,β-unsaturated/α-hetero) is 1. The van der Waals surface area contributed by atoms with Gasteiger partial charge in [0.1, 0.15) is 0 Å². The van der Waals surface area contributed by atoms with Crippen LogP contribution in [0.25, 0.3) is 11.0 Å². The lowest BCUT2D eigenvalue weighted by Gasteiger charge is -2.14. The molecule has 2 heterocycles. The van der Waals surface area contributed by atoms with E-state index in [-0.39, 0.29) is 5.78 Å². The molecule has 0 aliphatic heterocycles. The number of rotatable bonds is 9. The minimum absolute atomic E-state index is 0.148. The van der Waals surface area contributed by atoms with Crippen molar-refractivity contribution in [2.45, 2.75) is 25.8 Å². The Kier molecular flexibility index (Phi) is 6.64. The smallest absolute Gasteiger partial charge is 0.225 e. The van der Waals surface area contributed by atoms with E-state index in [0.29, 0.717) is 50.0 Å². The van der Waals surface area contributed by atoms with Gasteiger partial charge in [-0.3, -0.25) is 9.48 Å². The van der Waals surface area contributed by atoms with Crippen LogP contribution >= 0.6 is 15.9 Å². The molecule has 3 aromatic rings. The van der Waals surface area contributed by atoms with Crippen molar-refractivity contribution >= 4 is 38.7 Å². The van der Waals surface area contributed by atoms with E-state index in [2.05, 4.69) is 36.2 Å². The number of benzene rings is 1. The van der Waals surface area contributed by atoms with Crippen molar-refractivity contribution in [3.05, 3.63) is 45.7 Å². The third-order valence-corrected chi connectivity index (χ3v) is 5.84. The van der Waals surface area contributed by atoms with Crippen LogP contribution in [0.5, 0.6) is 0 Å². The molecule has 0 fully saturated rings. The average Bonchev–Trinajstić information content (AvgIpc) is 3.27. The first-order valence-electron chi connectivity index (χ1n) is 10.5. The van der Waals surface area contributed by atoms with Gasteiger partial charge in [-0.25, -0.2) is 4.98 Å². The van der Waals surface area contributed by atoms with Gasteiger partial charge in [-0.2, -0.15) is 10.1 Å². The summed E-state index contributed by atoms with van der Waals surface area (Å²) in [5, 5.41) is 8.73. The van der Waals surface area contributed by atoms with Crippen molar-refractivity contribution in [1.29, 1.82) is 0 Å². The summed E-state index contributed by atoms with van der Waals surface area (Å²) in [5.74, 6) is 0.224. The van der Waals surface area contributed by atoms with Gasteiger partial charge in [0.25, 0.3) is 0 Å². The molecule has 1 unspecified atom stereocenters. The van der Waals surface area contributed by atoms with Crippen LogP contribution in [0.1, 0.15) is 29.7 Å². The molecule has 4 rings (SSSR count). The number of fused-ring (bicyclic) bond motifs is 2. The molecule has 1 aromatic carbocycles. The fraction of sp³-hybridized carbons (Fsp3) is 0.455. The molecule has 0 radical (unpaired) electrons. The van der Waals surface area contributed by atoms with E-state index in [1.165, 1.54) is 0 Å². The van der Waals surface area contributed by atoms with Crippen LogP contribution in [-0.4, -0.2) is 70.8 Å². The monoisotopic (exact) mass is 486 g/mol. The number of halogens is 1. The number of carbonyl (C=O) groups is 1. The largest absolute Gasteiger partial charge is 0.380 e. The number of likely N-dealkylation sites (N-methyl/N-ethyl adjacent to an activating group) is 1. The van der Waals surface area contributed by atoms with E-state index < -0.39 is 5.92 Å². The van der Waals surface area contributed by atoms with Crippen LogP contribution in [0.4, 0.5) is 5.95 Å². The van der Waals surface area contributed by atoms with Crippen LogP contribution in [0.15, 0.2) is 28.9 Å². The zero-order valence-corrected chi connectivity index (χ0v) is 19.6. The fourth-order valence-electron chi connectivity index (χ4n) is 3.84. The van der Waals surface area contributed by atoms with Gasteiger partial charge in [-0.1, -0.05) is 22.0 Å². The highest BCUT2D eigenvalue weighted by molar-refractivity contribution is 9.10. The Labute approximate surface area is 190 Å². The van der Waals surface area contributed by atoms with Gasteiger partial charge >= 0.3 is 0 Å². The second-order valence-electron chi connectivity index (χ2n) is 7.91. The summed E-state index contributed by atoms with van der Waals surface area (Å²) < 4.78 is 8.24. The lowest BCUT2D eigenvalue weighted by molar-refractivity contribution is -0.118. The molecular formula is C22H27BrN6O2. The first-order valence-corrected chi connectivity index (χ1v) is 11.3. The number of nitrogens with one attached hydrogen (secondary N) is 1.